The van der Waals surface area contributed by atoms with Crippen LogP contribution >= 0.6 is 23.2 Å². The van der Waals surface area contributed by atoms with Gasteiger partial charge in [0.2, 0.25) is 0 Å². The Morgan fingerprint density at radius 1 is 0.722 bits per heavy atom. The summed E-state index contributed by atoms with van der Waals surface area (Å²) < 4.78 is 2.89. The van der Waals surface area contributed by atoms with E-state index in [1.165, 1.54) is 20.1 Å². The molecule has 0 bridgehead atoms. The molecular weight excluding hydrogens is 397 g/mol. The minimum absolute atomic E-state index is 0.500. The molecule has 0 unspecified atom stereocenters. The predicted molar refractivity (Wildman–Crippen MR) is 83.2 cm³/mol. The molecule has 0 spiro atoms. The number of rotatable bonds is 3. The Hall–Kier alpha value is 0.0590. The minimum atomic E-state index is 0.500. The van der Waals surface area contributed by atoms with Crippen LogP contribution in [0.1, 0.15) is 11.1 Å². The van der Waals surface area contributed by atoms with Crippen LogP contribution in [0.25, 0.3) is 0 Å². The van der Waals surface area contributed by atoms with E-state index in [0.717, 1.165) is 10.0 Å². The summed E-state index contributed by atoms with van der Waals surface area (Å²) in [6.07, 6.45) is 0. The molecule has 18 heavy (non-hydrogen) atoms. The van der Waals surface area contributed by atoms with Crippen molar-refractivity contribution in [2.45, 2.75) is 13.8 Å². The molecule has 2 aromatic rings. The summed E-state index contributed by atoms with van der Waals surface area (Å²) in [5, 5.41) is 1.64. The molecule has 0 radical (unpaired) electrons. The Balaban J connectivity index is 2.11. The maximum atomic E-state index is 5.97. The molecule has 0 aliphatic carbocycles. The molecule has 0 N–H and O–H groups in total. The molecule has 0 fully saturated rings. The van der Waals surface area contributed by atoms with Crippen molar-refractivity contribution in [1.82, 2.24) is 0 Å². The number of halogens is 2. The standard InChI is InChI=1S/C14H12Cl2Se2/c1-9-7-11(15)3-5-13(9)17-18-14-6-4-12(16)8-10(14)2/h3-8H,1-2H3. The van der Waals surface area contributed by atoms with Gasteiger partial charge in [0, 0.05) is 0 Å². The first-order valence-electron chi connectivity index (χ1n) is 5.43. The summed E-state index contributed by atoms with van der Waals surface area (Å²) in [5.41, 5.74) is 2.60. The Kier molecular flexibility index (Phi) is 5.21. The van der Waals surface area contributed by atoms with E-state index in [4.69, 9.17) is 23.2 Å². The summed E-state index contributed by atoms with van der Waals surface area (Å²) in [7, 11) is 0. The van der Waals surface area contributed by atoms with Crippen molar-refractivity contribution in [3.8, 4) is 0 Å². The first-order valence-corrected chi connectivity index (χ1v) is 12.2. The monoisotopic (exact) mass is 410 g/mol. The predicted octanol–water partition coefficient (Wildman–Crippen LogP) is 2.88. The first-order chi connectivity index (χ1) is 8.56. The molecule has 0 atom stereocenters. The number of hydrogen-bond donors (Lipinski definition) is 0. The molecule has 0 aliphatic heterocycles. The fourth-order valence-corrected chi connectivity index (χ4v) is 9.68. The third-order valence-electron chi connectivity index (χ3n) is 2.50. The van der Waals surface area contributed by atoms with E-state index in [0.29, 0.717) is 26.3 Å². The molecule has 0 nitrogen and oxygen atoms in total. The summed E-state index contributed by atoms with van der Waals surface area (Å²) in [4.78, 5) is 0. The Morgan fingerprint density at radius 3 is 1.44 bits per heavy atom. The first kappa shape index (κ1) is 14.5. The molecule has 94 valence electrons. The van der Waals surface area contributed by atoms with E-state index in [1.54, 1.807) is 0 Å². The molecule has 2 aromatic carbocycles. The fraction of sp³-hybridized carbons (Fsp3) is 0.143. The quantitative estimate of drug-likeness (QED) is 0.685. The zero-order chi connectivity index (χ0) is 13.1. The summed E-state index contributed by atoms with van der Waals surface area (Å²) >= 11 is 12.9. The van der Waals surface area contributed by atoms with E-state index in [9.17, 15) is 0 Å². The van der Waals surface area contributed by atoms with Crippen molar-refractivity contribution >= 4 is 58.4 Å². The van der Waals surface area contributed by atoms with E-state index in [2.05, 4.69) is 26.0 Å². The summed E-state index contributed by atoms with van der Waals surface area (Å²) in [6.45, 7) is 4.27. The van der Waals surface area contributed by atoms with Gasteiger partial charge in [-0.15, -0.1) is 0 Å². The van der Waals surface area contributed by atoms with Crippen LogP contribution in [0.2, 0.25) is 10.0 Å². The van der Waals surface area contributed by atoms with Crippen molar-refractivity contribution in [3.63, 3.8) is 0 Å². The van der Waals surface area contributed by atoms with Gasteiger partial charge >= 0.3 is 130 Å². The fourth-order valence-electron chi connectivity index (χ4n) is 1.50. The molecule has 0 amide bonds. The van der Waals surface area contributed by atoms with Crippen molar-refractivity contribution in [3.05, 3.63) is 57.6 Å². The second-order valence-electron chi connectivity index (χ2n) is 3.99. The second-order valence-corrected chi connectivity index (χ2v) is 11.0. The van der Waals surface area contributed by atoms with Crippen molar-refractivity contribution in [2.24, 2.45) is 0 Å². The second kappa shape index (κ2) is 6.48. The van der Waals surface area contributed by atoms with Gasteiger partial charge in [-0.25, -0.2) is 0 Å². The Bertz CT molecular complexity index is 516. The number of hydrogen-bond acceptors (Lipinski definition) is 0. The molecular formula is C14H12Cl2Se2. The van der Waals surface area contributed by atoms with E-state index >= 15 is 0 Å². The van der Waals surface area contributed by atoms with E-state index in [1.807, 2.05) is 24.3 Å². The van der Waals surface area contributed by atoms with Crippen LogP contribution in [-0.2, 0) is 0 Å². The van der Waals surface area contributed by atoms with Gasteiger partial charge in [-0.2, -0.15) is 0 Å². The van der Waals surface area contributed by atoms with Crippen LogP contribution in [0.15, 0.2) is 36.4 Å². The maximum absolute atomic E-state index is 5.97. The van der Waals surface area contributed by atoms with Crippen LogP contribution in [-0.4, -0.2) is 26.3 Å². The normalized spacial score (nSPS) is 10.7. The van der Waals surface area contributed by atoms with Crippen molar-refractivity contribution in [1.29, 1.82) is 0 Å². The molecule has 0 saturated carbocycles. The summed E-state index contributed by atoms with van der Waals surface area (Å²) in [6, 6.07) is 12.4. The summed E-state index contributed by atoms with van der Waals surface area (Å²) in [5.74, 6) is 0. The molecule has 0 heterocycles. The average Bonchev–Trinajstić information content (AvgIpc) is 2.30. The van der Waals surface area contributed by atoms with Gasteiger partial charge in [0.1, 0.15) is 0 Å². The van der Waals surface area contributed by atoms with Gasteiger partial charge in [0.15, 0.2) is 0 Å². The number of benzene rings is 2. The van der Waals surface area contributed by atoms with E-state index in [-0.39, 0.29) is 0 Å². The SMILES string of the molecule is Cc1cc(Cl)ccc1[Se][Se]c1ccc(Cl)cc1C. The zero-order valence-corrected chi connectivity index (χ0v) is 15.0. The van der Waals surface area contributed by atoms with Crippen LogP contribution < -0.4 is 8.92 Å². The molecule has 0 aliphatic rings. The number of aryl methyl sites for hydroxylation is 2. The molecule has 0 saturated heterocycles. The van der Waals surface area contributed by atoms with Gasteiger partial charge in [-0.05, 0) is 0 Å². The molecule has 0 aromatic heterocycles. The topological polar surface area (TPSA) is 0 Å². The Morgan fingerprint density at radius 2 is 1.11 bits per heavy atom. The van der Waals surface area contributed by atoms with Gasteiger partial charge < -0.3 is 0 Å². The van der Waals surface area contributed by atoms with Crippen LogP contribution in [0.3, 0.4) is 0 Å². The van der Waals surface area contributed by atoms with Crippen molar-refractivity contribution in [2.75, 3.05) is 0 Å². The van der Waals surface area contributed by atoms with Gasteiger partial charge in [-0.1, -0.05) is 0 Å². The average molecular weight is 409 g/mol. The van der Waals surface area contributed by atoms with Crippen LogP contribution in [0, 0.1) is 13.8 Å². The third-order valence-corrected chi connectivity index (χ3v) is 10.6. The Labute approximate surface area is 129 Å². The van der Waals surface area contributed by atoms with Crippen molar-refractivity contribution < 1.29 is 0 Å². The zero-order valence-electron chi connectivity index (χ0n) is 10.0. The van der Waals surface area contributed by atoms with Gasteiger partial charge in [-0.3, -0.25) is 0 Å². The van der Waals surface area contributed by atoms with Gasteiger partial charge in [0.05, 0.1) is 0 Å². The van der Waals surface area contributed by atoms with E-state index < -0.39 is 0 Å². The third kappa shape index (κ3) is 3.78. The van der Waals surface area contributed by atoms with Gasteiger partial charge in [0.25, 0.3) is 0 Å². The van der Waals surface area contributed by atoms with Crippen LogP contribution in [0.4, 0.5) is 0 Å². The molecule has 4 heteroatoms. The van der Waals surface area contributed by atoms with Crippen LogP contribution in [0.5, 0.6) is 0 Å². The molecule has 2 rings (SSSR count).